The summed E-state index contributed by atoms with van der Waals surface area (Å²) in [5.74, 6) is 0.422. The molecule has 2 aromatic rings. The molecule has 1 aromatic carbocycles. The first kappa shape index (κ1) is 7.79. The summed E-state index contributed by atoms with van der Waals surface area (Å²) in [4.78, 5) is 7.97. The summed E-state index contributed by atoms with van der Waals surface area (Å²) < 4.78 is 0. The maximum Gasteiger partial charge on any atom is 0.220 e. The summed E-state index contributed by atoms with van der Waals surface area (Å²) in [6.07, 6.45) is 0. The number of phenolic OH excluding ortho intramolecular Hbond substituents is 1. The van der Waals surface area contributed by atoms with Gasteiger partial charge in [0, 0.05) is 0 Å². The van der Waals surface area contributed by atoms with Crippen molar-refractivity contribution in [3.63, 3.8) is 0 Å². The fourth-order valence-corrected chi connectivity index (χ4v) is 1.37. The Bertz CT molecular complexity index is 468. The van der Waals surface area contributed by atoms with Gasteiger partial charge in [-0.2, -0.15) is 0 Å². The fraction of sp³-hybridized carbons (Fsp3) is 0.111. The number of anilines is 1. The van der Waals surface area contributed by atoms with Crippen LogP contribution < -0.4 is 5.73 Å². The highest BCUT2D eigenvalue weighted by Crippen LogP contribution is 2.25. The average molecular weight is 175 g/mol. The third-order valence-electron chi connectivity index (χ3n) is 1.90. The highest BCUT2D eigenvalue weighted by atomic mass is 16.3. The van der Waals surface area contributed by atoms with Gasteiger partial charge >= 0.3 is 0 Å². The van der Waals surface area contributed by atoms with E-state index in [9.17, 15) is 5.11 Å². The summed E-state index contributed by atoms with van der Waals surface area (Å²) in [7, 11) is 0. The molecular weight excluding hydrogens is 166 g/mol. The van der Waals surface area contributed by atoms with Gasteiger partial charge in [0.05, 0.1) is 16.6 Å². The van der Waals surface area contributed by atoms with Crippen LogP contribution in [0.3, 0.4) is 0 Å². The summed E-state index contributed by atoms with van der Waals surface area (Å²) in [6, 6.07) is 5.12. The molecule has 0 bridgehead atoms. The molecule has 3 N–H and O–H groups in total. The fourth-order valence-electron chi connectivity index (χ4n) is 1.37. The van der Waals surface area contributed by atoms with Crippen LogP contribution >= 0.6 is 0 Å². The minimum atomic E-state index is 0.190. The number of nitrogens with two attached hydrogens (primary N) is 1. The number of hydrogen-bond donors (Lipinski definition) is 2. The van der Waals surface area contributed by atoms with E-state index < -0.39 is 0 Å². The molecule has 13 heavy (non-hydrogen) atoms. The predicted molar refractivity (Wildman–Crippen MR) is 50.4 cm³/mol. The Morgan fingerprint density at radius 1 is 1.31 bits per heavy atom. The molecule has 0 atom stereocenters. The van der Waals surface area contributed by atoms with Gasteiger partial charge in [-0.15, -0.1) is 0 Å². The van der Waals surface area contributed by atoms with E-state index in [0.29, 0.717) is 16.6 Å². The van der Waals surface area contributed by atoms with Crippen molar-refractivity contribution in [2.24, 2.45) is 0 Å². The third-order valence-corrected chi connectivity index (χ3v) is 1.90. The van der Waals surface area contributed by atoms with E-state index in [-0.39, 0.29) is 11.7 Å². The van der Waals surface area contributed by atoms with Crippen LogP contribution in [0.5, 0.6) is 5.75 Å². The highest BCUT2D eigenvalue weighted by Gasteiger charge is 2.05. The topological polar surface area (TPSA) is 72.0 Å². The van der Waals surface area contributed by atoms with Crippen LogP contribution in [-0.4, -0.2) is 15.1 Å². The molecule has 0 unspecified atom stereocenters. The molecule has 0 spiro atoms. The van der Waals surface area contributed by atoms with Crippen LogP contribution in [0.25, 0.3) is 10.9 Å². The minimum absolute atomic E-state index is 0.190. The summed E-state index contributed by atoms with van der Waals surface area (Å²) in [6.45, 7) is 1.79. The lowest BCUT2D eigenvalue weighted by molar-refractivity contribution is 0.481. The zero-order chi connectivity index (χ0) is 9.42. The summed E-state index contributed by atoms with van der Waals surface area (Å²) in [5, 5.41) is 10.2. The number of benzene rings is 1. The number of nitrogens with zero attached hydrogens (tertiary/aromatic N) is 2. The van der Waals surface area contributed by atoms with E-state index in [4.69, 9.17) is 5.73 Å². The second kappa shape index (κ2) is 2.58. The largest absolute Gasteiger partial charge is 0.507 e. The molecule has 66 valence electrons. The van der Waals surface area contributed by atoms with Crippen LogP contribution in [0, 0.1) is 6.92 Å². The molecule has 1 heterocycles. The molecule has 4 nitrogen and oxygen atoms in total. The number of phenols is 1. The molecule has 0 aliphatic carbocycles. The molecule has 2 rings (SSSR count). The highest BCUT2D eigenvalue weighted by molar-refractivity contribution is 5.87. The lowest BCUT2D eigenvalue weighted by Gasteiger charge is -2.03. The average Bonchev–Trinajstić information content (AvgIpc) is 2.02. The molecule has 0 amide bonds. The van der Waals surface area contributed by atoms with Crippen molar-refractivity contribution in [1.82, 2.24) is 9.97 Å². The first-order valence-corrected chi connectivity index (χ1v) is 3.90. The molecule has 0 radical (unpaired) electrons. The Labute approximate surface area is 75.1 Å². The molecule has 4 heteroatoms. The van der Waals surface area contributed by atoms with E-state index in [2.05, 4.69) is 9.97 Å². The normalized spacial score (nSPS) is 10.5. The van der Waals surface area contributed by atoms with Crippen molar-refractivity contribution in [2.75, 3.05) is 5.73 Å². The van der Waals surface area contributed by atoms with Crippen molar-refractivity contribution < 1.29 is 5.11 Å². The first-order valence-electron chi connectivity index (χ1n) is 3.90. The van der Waals surface area contributed by atoms with Crippen molar-refractivity contribution in [3.8, 4) is 5.75 Å². The van der Waals surface area contributed by atoms with E-state index in [1.807, 2.05) is 0 Å². The number of aromatic nitrogens is 2. The maximum absolute atomic E-state index is 9.52. The molecule has 0 aliphatic rings. The molecular formula is C9H9N3O. The van der Waals surface area contributed by atoms with Gasteiger partial charge in [-0.3, -0.25) is 0 Å². The zero-order valence-electron chi connectivity index (χ0n) is 7.15. The van der Waals surface area contributed by atoms with Gasteiger partial charge in [0.15, 0.2) is 0 Å². The van der Waals surface area contributed by atoms with Crippen LogP contribution in [0.1, 0.15) is 5.69 Å². The van der Waals surface area contributed by atoms with Crippen molar-refractivity contribution >= 4 is 16.9 Å². The van der Waals surface area contributed by atoms with Gasteiger partial charge in [0.25, 0.3) is 0 Å². The van der Waals surface area contributed by atoms with Gasteiger partial charge in [-0.25, -0.2) is 9.97 Å². The quantitative estimate of drug-likeness (QED) is 0.631. The Kier molecular flexibility index (Phi) is 1.55. The summed E-state index contributed by atoms with van der Waals surface area (Å²) >= 11 is 0. The second-order valence-corrected chi connectivity index (χ2v) is 2.84. The maximum atomic E-state index is 9.52. The Hall–Kier alpha value is -1.84. The Morgan fingerprint density at radius 2 is 2.08 bits per heavy atom. The van der Waals surface area contributed by atoms with Crippen LogP contribution in [-0.2, 0) is 0 Å². The molecule has 0 aliphatic heterocycles. The number of hydrogen-bond acceptors (Lipinski definition) is 4. The molecule has 0 saturated carbocycles. The van der Waals surface area contributed by atoms with Gasteiger partial charge < -0.3 is 10.8 Å². The number of aromatic hydroxyl groups is 1. The van der Waals surface area contributed by atoms with Crippen LogP contribution in [0.2, 0.25) is 0 Å². The van der Waals surface area contributed by atoms with Gasteiger partial charge in [-0.1, -0.05) is 6.07 Å². The van der Waals surface area contributed by atoms with E-state index in [1.54, 1.807) is 25.1 Å². The lowest BCUT2D eigenvalue weighted by atomic mass is 10.2. The predicted octanol–water partition coefficient (Wildman–Crippen LogP) is 1.23. The van der Waals surface area contributed by atoms with E-state index >= 15 is 0 Å². The Balaban J connectivity index is 2.94. The van der Waals surface area contributed by atoms with Gasteiger partial charge in [0.1, 0.15) is 5.75 Å². The van der Waals surface area contributed by atoms with Crippen molar-refractivity contribution in [1.29, 1.82) is 0 Å². The third kappa shape index (κ3) is 1.16. The lowest BCUT2D eigenvalue weighted by Crippen LogP contribution is -1.97. The number of rotatable bonds is 0. The van der Waals surface area contributed by atoms with Crippen molar-refractivity contribution in [3.05, 3.63) is 23.9 Å². The van der Waals surface area contributed by atoms with Gasteiger partial charge in [0.2, 0.25) is 5.95 Å². The number of aryl methyl sites for hydroxylation is 1. The van der Waals surface area contributed by atoms with Crippen LogP contribution in [0.15, 0.2) is 18.2 Å². The first-order chi connectivity index (χ1) is 6.18. The second-order valence-electron chi connectivity index (χ2n) is 2.84. The van der Waals surface area contributed by atoms with E-state index in [1.165, 1.54) is 0 Å². The van der Waals surface area contributed by atoms with Crippen LogP contribution in [0.4, 0.5) is 5.95 Å². The van der Waals surface area contributed by atoms with Crippen molar-refractivity contribution in [2.45, 2.75) is 6.92 Å². The SMILES string of the molecule is Cc1nc(N)nc2cccc(O)c12. The standard InChI is InChI=1S/C9H9N3O/c1-5-8-6(12-9(10)11-5)3-2-4-7(8)13/h2-4,13H,1H3,(H2,10,11,12). The number of nitrogen functional groups attached to an aromatic ring is 1. The summed E-state index contributed by atoms with van der Waals surface area (Å²) in [5.41, 5.74) is 6.84. The monoisotopic (exact) mass is 175 g/mol. The smallest absolute Gasteiger partial charge is 0.220 e. The van der Waals surface area contributed by atoms with Gasteiger partial charge in [-0.05, 0) is 19.1 Å². The molecule has 1 aromatic heterocycles. The molecule has 0 saturated heterocycles. The molecule has 0 fully saturated rings. The minimum Gasteiger partial charge on any atom is -0.507 e. The Morgan fingerprint density at radius 3 is 2.85 bits per heavy atom. The van der Waals surface area contributed by atoms with E-state index in [0.717, 1.165) is 0 Å². The zero-order valence-corrected chi connectivity index (χ0v) is 7.15. The number of fused-ring (bicyclic) bond motifs is 1.